The zero-order valence-electron chi connectivity index (χ0n) is 33.9. The van der Waals surface area contributed by atoms with Crippen LogP contribution in [0, 0.1) is 0 Å². The maximum Gasteiger partial charge on any atom is 0.0811 e. The highest BCUT2D eigenvalue weighted by Crippen LogP contribution is 2.41. The van der Waals surface area contributed by atoms with Crippen LogP contribution in [0.2, 0.25) is 0 Å². The van der Waals surface area contributed by atoms with Crippen LogP contribution in [0.1, 0.15) is 23.6 Å². The van der Waals surface area contributed by atoms with Gasteiger partial charge in [-0.3, -0.25) is 4.99 Å². The molecule has 0 saturated carbocycles. The van der Waals surface area contributed by atoms with E-state index in [1.165, 1.54) is 55.0 Å². The van der Waals surface area contributed by atoms with Crippen molar-refractivity contribution in [2.75, 3.05) is 0 Å². The summed E-state index contributed by atoms with van der Waals surface area (Å²) in [7, 11) is 0. The lowest BCUT2D eigenvalue weighted by Crippen LogP contribution is -2.13. The van der Waals surface area contributed by atoms with Crippen LogP contribution < -0.4 is 0 Å². The van der Waals surface area contributed by atoms with Crippen molar-refractivity contribution in [2.45, 2.75) is 12.5 Å². The Morgan fingerprint density at radius 3 is 1.39 bits per heavy atom. The summed E-state index contributed by atoms with van der Waals surface area (Å²) in [6.45, 7) is 0. The molecular formula is C58H40N4. The van der Waals surface area contributed by atoms with Crippen LogP contribution in [-0.2, 0) is 0 Å². The average molecular weight is 793 g/mol. The second kappa shape index (κ2) is 14.9. The second-order valence-corrected chi connectivity index (χ2v) is 16.1. The number of hydrogen-bond acceptors (Lipinski definition) is 2. The third-order valence-electron chi connectivity index (χ3n) is 12.4. The number of rotatable bonds is 7. The maximum atomic E-state index is 5.32. The summed E-state index contributed by atoms with van der Waals surface area (Å²) in [5.41, 5.74) is 16.8. The topological polar surface area (TPSA) is 35.1 Å². The molecule has 0 N–H and O–H groups in total. The molecule has 1 aliphatic heterocycles. The molecule has 1 aliphatic rings. The van der Waals surface area contributed by atoms with E-state index in [9.17, 15) is 0 Å². The Morgan fingerprint density at radius 2 is 0.823 bits per heavy atom. The normalized spacial score (nSPS) is 14.1. The minimum Gasteiger partial charge on any atom is -0.313 e. The molecule has 3 aromatic heterocycles. The van der Waals surface area contributed by atoms with Crippen molar-refractivity contribution in [3.05, 3.63) is 236 Å². The Morgan fingerprint density at radius 1 is 0.371 bits per heavy atom. The van der Waals surface area contributed by atoms with Crippen molar-refractivity contribution in [3.63, 3.8) is 0 Å². The quantitative estimate of drug-likeness (QED) is 0.158. The fourth-order valence-electron chi connectivity index (χ4n) is 9.51. The Hall–Kier alpha value is -8.08. The van der Waals surface area contributed by atoms with Gasteiger partial charge in [0.25, 0.3) is 0 Å². The van der Waals surface area contributed by atoms with Crippen molar-refractivity contribution < 1.29 is 0 Å². The molecule has 0 saturated heterocycles. The fraction of sp³-hybridized carbons (Fsp3) is 0.0345. The molecule has 0 fully saturated rings. The summed E-state index contributed by atoms with van der Waals surface area (Å²) in [5, 5.41) is 4.91. The zero-order valence-corrected chi connectivity index (χ0v) is 33.9. The number of fused-ring (bicyclic) bond motifs is 6. The first-order chi connectivity index (χ1) is 30.7. The highest BCUT2D eigenvalue weighted by atomic mass is 15.0. The summed E-state index contributed by atoms with van der Waals surface area (Å²) >= 11 is 0. The largest absolute Gasteiger partial charge is 0.313 e. The number of pyridine rings is 1. The van der Waals surface area contributed by atoms with Crippen molar-refractivity contribution >= 4 is 55.0 Å². The van der Waals surface area contributed by atoms with Gasteiger partial charge >= 0.3 is 0 Å². The summed E-state index contributed by atoms with van der Waals surface area (Å²) in [5.74, 6) is 0. The summed E-state index contributed by atoms with van der Waals surface area (Å²) in [6.07, 6.45) is 3.10. The predicted octanol–water partition coefficient (Wildman–Crippen LogP) is 14.8. The molecule has 0 radical (unpaired) electrons. The molecule has 292 valence electrons. The summed E-state index contributed by atoms with van der Waals surface area (Å²) in [4.78, 5) is 10.5. The van der Waals surface area contributed by atoms with Crippen molar-refractivity contribution in [2.24, 2.45) is 4.99 Å². The van der Waals surface area contributed by atoms with Crippen LogP contribution in [0.4, 0.5) is 0 Å². The molecule has 8 aromatic carbocycles. The molecule has 0 bridgehead atoms. The number of dihydropyridines is 1. The Bertz CT molecular complexity index is 3470. The highest BCUT2D eigenvalue weighted by molar-refractivity contribution is 6.16. The zero-order chi connectivity index (χ0) is 41.0. The van der Waals surface area contributed by atoms with Crippen LogP contribution in [0.25, 0.3) is 88.6 Å². The average Bonchev–Trinajstić information content (AvgIpc) is 3.87. The third kappa shape index (κ3) is 6.15. The molecule has 4 nitrogen and oxygen atoms in total. The van der Waals surface area contributed by atoms with E-state index < -0.39 is 0 Å². The maximum absolute atomic E-state index is 5.32. The van der Waals surface area contributed by atoms with Crippen molar-refractivity contribution in [3.8, 4) is 39.3 Å². The Labute approximate surface area is 360 Å². The van der Waals surface area contributed by atoms with E-state index in [1.807, 2.05) is 0 Å². The van der Waals surface area contributed by atoms with Gasteiger partial charge in [0.1, 0.15) is 0 Å². The van der Waals surface area contributed by atoms with Crippen LogP contribution in [0.5, 0.6) is 0 Å². The van der Waals surface area contributed by atoms with Gasteiger partial charge in [-0.25, -0.2) is 4.98 Å². The van der Waals surface area contributed by atoms with E-state index in [0.29, 0.717) is 0 Å². The minimum atomic E-state index is 0.0118. The number of para-hydroxylation sites is 2. The standard InChI is InChI=1S/C58H40N4/c1-5-17-39(18-6-1)51-35-45(36-52(59-51)40-19-7-2-8-20-40)61-55-27-15-13-25-47(55)49-33-43(29-31-57(49)61)44-30-32-58-50(34-44)48-26-14-16-28-56(48)62(58)46-37-53(41-21-9-3-10-22-41)60-54(38-46)42-23-11-4-12-24-42/h1-37,54H,38H2. The number of nitrogens with zero attached hydrogens (tertiary/aromatic N) is 4. The number of aromatic nitrogens is 3. The molecule has 12 rings (SSSR count). The first kappa shape index (κ1) is 35.8. The van der Waals surface area contributed by atoms with E-state index in [0.717, 1.165) is 56.9 Å². The Kier molecular flexibility index (Phi) is 8.60. The number of allylic oxidation sites excluding steroid dienone is 1. The van der Waals surface area contributed by atoms with E-state index in [1.54, 1.807) is 0 Å². The van der Waals surface area contributed by atoms with Crippen LogP contribution >= 0.6 is 0 Å². The molecule has 62 heavy (non-hydrogen) atoms. The van der Waals surface area contributed by atoms with Gasteiger partial charge in [0.2, 0.25) is 0 Å². The monoisotopic (exact) mass is 792 g/mol. The van der Waals surface area contributed by atoms with E-state index >= 15 is 0 Å². The molecule has 0 spiro atoms. The molecular weight excluding hydrogens is 753 g/mol. The second-order valence-electron chi connectivity index (χ2n) is 16.1. The molecule has 11 aromatic rings. The van der Waals surface area contributed by atoms with Gasteiger partial charge in [0, 0.05) is 44.8 Å². The Balaban J connectivity index is 1.00. The molecule has 1 unspecified atom stereocenters. The summed E-state index contributed by atoms with van der Waals surface area (Å²) < 4.78 is 4.88. The van der Waals surface area contributed by atoms with Gasteiger partial charge in [0.05, 0.1) is 50.9 Å². The lowest BCUT2D eigenvalue weighted by molar-refractivity contribution is 0.730. The number of benzene rings is 8. The van der Waals surface area contributed by atoms with Gasteiger partial charge in [-0.05, 0) is 76.9 Å². The third-order valence-corrected chi connectivity index (χ3v) is 12.4. The first-order valence-corrected chi connectivity index (χ1v) is 21.3. The van der Waals surface area contributed by atoms with Gasteiger partial charge in [-0.1, -0.05) is 170 Å². The number of aliphatic imine (C=N–C) groups is 1. The lowest BCUT2D eigenvalue weighted by atomic mass is 9.96. The molecule has 1 atom stereocenters. The lowest BCUT2D eigenvalue weighted by Gasteiger charge is -2.24. The van der Waals surface area contributed by atoms with E-state index in [2.05, 4.69) is 234 Å². The molecule has 0 aliphatic carbocycles. The van der Waals surface area contributed by atoms with Crippen LogP contribution in [0.3, 0.4) is 0 Å². The molecule has 4 heterocycles. The van der Waals surface area contributed by atoms with Crippen LogP contribution in [-0.4, -0.2) is 19.8 Å². The molecule has 0 amide bonds. The van der Waals surface area contributed by atoms with Crippen molar-refractivity contribution in [1.29, 1.82) is 0 Å². The van der Waals surface area contributed by atoms with Crippen molar-refractivity contribution in [1.82, 2.24) is 14.1 Å². The van der Waals surface area contributed by atoms with Gasteiger partial charge in [-0.2, -0.15) is 0 Å². The van der Waals surface area contributed by atoms with Crippen LogP contribution in [0.15, 0.2) is 229 Å². The van der Waals surface area contributed by atoms with E-state index in [-0.39, 0.29) is 6.04 Å². The summed E-state index contributed by atoms with van der Waals surface area (Å²) in [6, 6.07) is 78.3. The van der Waals surface area contributed by atoms with E-state index in [4.69, 9.17) is 9.98 Å². The fourth-order valence-corrected chi connectivity index (χ4v) is 9.51. The van der Waals surface area contributed by atoms with Gasteiger partial charge in [-0.15, -0.1) is 0 Å². The smallest absolute Gasteiger partial charge is 0.0811 e. The minimum absolute atomic E-state index is 0.0118. The van der Waals surface area contributed by atoms with Gasteiger partial charge in [0.15, 0.2) is 0 Å². The molecule has 4 heteroatoms. The SMILES string of the molecule is C1=C(n2c3ccccc3c3cc(-c4ccc5c(c4)c4ccccc4n5-c4cc(-c5ccccc5)nc(-c5ccccc5)c4)ccc32)CC(c2ccccc2)N=C1c1ccccc1. The predicted molar refractivity (Wildman–Crippen MR) is 259 cm³/mol. The van der Waals surface area contributed by atoms with Gasteiger partial charge < -0.3 is 9.13 Å². The highest BCUT2D eigenvalue weighted by Gasteiger charge is 2.24. The number of hydrogen-bond donors (Lipinski definition) is 0. The first-order valence-electron chi connectivity index (χ1n) is 21.3.